The van der Waals surface area contributed by atoms with Crippen molar-refractivity contribution in [2.45, 2.75) is 0 Å². The number of hydrogen-bond acceptors (Lipinski definition) is 5. The fraction of sp³-hybridized carbons (Fsp3) is 0.0625. The summed E-state index contributed by atoms with van der Waals surface area (Å²) >= 11 is 0. The molecule has 0 saturated carbocycles. The fourth-order valence-electron chi connectivity index (χ4n) is 2.09. The van der Waals surface area contributed by atoms with E-state index in [4.69, 9.17) is 4.74 Å². The summed E-state index contributed by atoms with van der Waals surface area (Å²) in [5.41, 5.74) is 0.0120. The Morgan fingerprint density at radius 3 is 2.65 bits per heavy atom. The summed E-state index contributed by atoms with van der Waals surface area (Å²) in [6, 6.07) is 4.39. The SMILES string of the molecule is C=CCOc1cc2ccc(-c3ncc(O)cn3)c(F)c2c(F)n1. The molecule has 0 aliphatic rings. The van der Waals surface area contributed by atoms with Gasteiger partial charge in [0.15, 0.2) is 11.6 Å². The number of aromatic nitrogens is 3. The van der Waals surface area contributed by atoms with Gasteiger partial charge in [0, 0.05) is 6.07 Å². The van der Waals surface area contributed by atoms with Gasteiger partial charge in [0.2, 0.25) is 11.8 Å². The Kier molecular flexibility index (Phi) is 3.84. The van der Waals surface area contributed by atoms with Crippen LogP contribution in [-0.4, -0.2) is 26.7 Å². The minimum Gasteiger partial charge on any atom is -0.505 e. The van der Waals surface area contributed by atoms with Crippen LogP contribution in [0, 0.1) is 11.8 Å². The van der Waals surface area contributed by atoms with Crippen molar-refractivity contribution in [2.24, 2.45) is 0 Å². The summed E-state index contributed by atoms with van der Waals surface area (Å²) in [5, 5.41) is 9.21. The monoisotopic (exact) mass is 315 g/mol. The molecule has 0 fully saturated rings. The first kappa shape index (κ1) is 14.8. The molecule has 2 heterocycles. The number of aromatic hydroxyl groups is 1. The van der Waals surface area contributed by atoms with Crippen LogP contribution in [0.3, 0.4) is 0 Å². The third-order valence-electron chi connectivity index (χ3n) is 3.10. The largest absolute Gasteiger partial charge is 0.505 e. The number of ether oxygens (including phenoxy) is 1. The van der Waals surface area contributed by atoms with Crippen molar-refractivity contribution in [3.05, 3.63) is 55.0 Å². The average Bonchev–Trinajstić information content (AvgIpc) is 2.54. The van der Waals surface area contributed by atoms with Gasteiger partial charge in [0.05, 0.1) is 23.3 Å². The van der Waals surface area contributed by atoms with Crippen LogP contribution in [0.4, 0.5) is 8.78 Å². The van der Waals surface area contributed by atoms with Crippen molar-refractivity contribution in [1.29, 1.82) is 0 Å². The van der Waals surface area contributed by atoms with E-state index in [1.165, 1.54) is 24.3 Å². The molecule has 7 heteroatoms. The average molecular weight is 315 g/mol. The Morgan fingerprint density at radius 2 is 1.96 bits per heavy atom. The van der Waals surface area contributed by atoms with Gasteiger partial charge in [-0.1, -0.05) is 18.7 Å². The number of fused-ring (bicyclic) bond motifs is 1. The molecule has 116 valence electrons. The van der Waals surface area contributed by atoms with Gasteiger partial charge in [-0.15, -0.1) is 0 Å². The van der Waals surface area contributed by atoms with Crippen LogP contribution in [-0.2, 0) is 0 Å². The van der Waals surface area contributed by atoms with Crippen molar-refractivity contribution >= 4 is 10.8 Å². The van der Waals surface area contributed by atoms with Crippen molar-refractivity contribution < 1.29 is 18.6 Å². The second-order valence-electron chi connectivity index (χ2n) is 4.64. The first-order valence-electron chi connectivity index (χ1n) is 6.64. The van der Waals surface area contributed by atoms with Crippen LogP contribution in [0.25, 0.3) is 22.2 Å². The van der Waals surface area contributed by atoms with E-state index in [-0.39, 0.29) is 35.0 Å². The Morgan fingerprint density at radius 1 is 1.22 bits per heavy atom. The lowest BCUT2D eigenvalue weighted by Crippen LogP contribution is -2.00. The van der Waals surface area contributed by atoms with Gasteiger partial charge in [-0.25, -0.2) is 14.4 Å². The first-order valence-corrected chi connectivity index (χ1v) is 6.64. The zero-order valence-electron chi connectivity index (χ0n) is 11.8. The molecule has 0 bridgehead atoms. The van der Waals surface area contributed by atoms with E-state index in [9.17, 15) is 13.9 Å². The first-order chi connectivity index (χ1) is 11.1. The second-order valence-corrected chi connectivity index (χ2v) is 4.64. The second kappa shape index (κ2) is 5.96. The van der Waals surface area contributed by atoms with Crippen molar-refractivity contribution in [1.82, 2.24) is 15.0 Å². The summed E-state index contributed by atoms with van der Waals surface area (Å²) in [4.78, 5) is 11.2. The van der Waals surface area contributed by atoms with Gasteiger partial charge >= 0.3 is 0 Å². The van der Waals surface area contributed by atoms with E-state index >= 15 is 0 Å². The van der Waals surface area contributed by atoms with Crippen LogP contribution in [0.1, 0.15) is 0 Å². The van der Waals surface area contributed by atoms with Crippen LogP contribution >= 0.6 is 0 Å². The van der Waals surface area contributed by atoms with E-state index in [0.29, 0.717) is 5.39 Å². The molecule has 0 amide bonds. The minimum absolute atomic E-state index is 0.0120. The Bertz CT molecular complexity index is 883. The summed E-state index contributed by atoms with van der Waals surface area (Å²) in [5.74, 6) is -1.88. The summed E-state index contributed by atoms with van der Waals surface area (Å²) in [6.07, 6.45) is 3.76. The molecule has 23 heavy (non-hydrogen) atoms. The van der Waals surface area contributed by atoms with Crippen LogP contribution in [0.5, 0.6) is 11.6 Å². The Labute approximate surface area is 129 Å². The number of pyridine rings is 1. The van der Waals surface area contributed by atoms with E-state index < -0.39 is 11.8 Å². The highest BCUT2D eigenvalue weighted by atomic mass is 19.1. The molecule has 0 unspecified atom stereocenters. The molecule has 0 radical (unpaired) electrons. The quantitative estimate of drug-likeness (QED) is 0.591. The normalized spacial score (nSPS) is 10.7. The van der Waals surface area contributed by atoms with Crippen LogP contribution in [0.2, 0.25) is 0 Å². The molecule has 0 aliphatic heterocycles. The minimum atomic E-state index is -0.986. The Hall–Kier alpha value is -3.09. The Balaban J connectivity index is 2.13. The predicted octanol–water partition coefficient (Wildman–Crippen LogP) is 3.24. The maximum atomic E-state index is 14.6. The molecule has 0 spiro atoms. The number of hydrogen-bond donors (Lipinski definition) is 1. The van der Waals surface area contributed by atoms with Gasteiger partial charge in [0.1, 0.15) is 12.4 Å². The molecule has 1 aromatic carbocycles. The summed E-state index contributed by atoms with van der Waals surface area (Å²) in [6.45, 7) is 3.65. The lowest BCUT2D eigenvalue weighted by molar-refractivity contribution is 0.343. The zero-order chi connectivity index (χ0) is 16.4. The molecule has 0 aliphatic carbocycles. The molecule has 0 atom stereocenters. The smallest absolute Gasteiger partial charge is 0.227 e. The summed E-state index contributed by atoms with van der Waals surface area (Å²) < 4.78 is 33.9. The lowest BCUT2D eigenvalue weighted by Gasteiger charge is -2.08. The molecule has 3 aromatic rings. The number of benzene rings is 1. The van der Waals surface area contributed by atoms with Crippen LogP contribution < -0.4 is 4.74 Å². The third-order valence-corrected chi connectivity index (χ3v) is 3.10. The molecule has 0 saturated heterocycles. The predicted molar refractivity (Wildman–Crippen MR) is 80.0 cm³/mol. The highest BCUT2D eigenvalue weighted by molar-refractivity contribution is 5.87. The van der Waals surface area contributed by atoms with Crippen molar-refractivity contribution in [3.63, 3.8) is 0 Å². The van der Waals surface area contributed by atoms with E-state index in [1.54, 1.807) is 0 Å². The molecule has 2 aromatic heterocycles. The van der Waals surface area contributed by atoms with Gasteiger partial charge in [-0.3, -0.25) is 0 Å². The van der Waals surface area contributed by atoms with E-state index in [2.05, 4.69) is 21.5 Å². The highest BCUT2D eigenvalue weighted by Crippen LogP contribution is 2.30. The van der Waals surface area contributed by atoms with Gasteiger partial charge < -0.3 is 9.84 Å². The maximum Gasteiger partial charge on any atom is 0.227 e. The molecule has 1 N–H and O–H groups in total. The molecular formula is C16H11F2N3O2. The van der Waals surface area contributed by atoms with Gasteiger partial charge in [-0.05, 0) is 11.5 Å². The standard InChI is InChI=1S/C16H11F2N3O2/c1-2-5-23-12-6-9-3-4-11(14(17)13(9)15(18)21-12)16-19-7-10(22)8-20-16/h2-4,6-8,22H,1,5H2. The number of nitrogens with zero attached hydrogens (tertiary/aromatic N) is 3. The van der Waals surface area contributed by atoms with Crippen molar-refractivity contribution in [2.75, 3.05) is 6.61 Å². The van der Waals surface area contributed by atoms with Gasteiger partial charge in [-0.2, -0.15) is 9.37 Å². The third kappa shape index (κ3) is 2.80. The molecule has 3 rings (SSSR count). The van der Waals surface area contributed by atoms with Gasteiger partial charge in [0.25, 0.3) is 0 Å². The molecular weight excluding hydrogens is 304 g/mol. The van der Waals surface area contributed by atoms with Crippen LogP contribution in [0.15, 0.2) is 43.2 Å². The zero-order valence-corrected chi connectivity index (χ0v) is 11.8. The summed E-state index contributed by atoms with van der Waals surface area (Å²) in [7, 11) is 0. The topological polar surface area (TPSA) is 68.1 Å². The number of halogens is 2. The maximum absolute atomic E-state index is 14.6. The lowest BCUT2D eigenvalue weighted by atomic mass is 10.1. The fourth-order valence-corrected chi connectivity index (χ4v) is 2.09. The highest BCUT2D eigenvalue weighted by Gasteiger charge is 2.17. The molecule has 5 nitrogen and oxygen atoms in total. The van der Waals surface area contributed by atoms with E-state index in [1.807, 2.05) is 0 Å². The number of rotatable bonds is 4. The van der Waals surface area contributed by atoms with Crippen molar-refractivity contribution in [3.8, 4) is 23.0 Å². The van der Waals surface area contributed by atoms with E-state index in [0.717, 1.165) is 12.4 Å².